The average molecular weight is 708 g/mol. The molecule has 0 amide bonds. The van der Waals surface area contributed by atoms with E-state index in [4.69, 9.17) is 9.84 Å². The molecular weight excluding hydrogens is 671 g/mol. The van der Waals surface area contributed by atoms with Crippen LogP contribution in [0.3, 0.4) is 0 Å². The van der Waals surface area contributed by atoms with E-state index in [0.29, 0.717) is 11.5 Å². The molecule has 0 atom stereocenters. The van der Waals surface area contributed by atoms with E-state index in [1.807, 2.05) is 22.9 Å². The number of fused-ring (bicyclic) bond motifs is 3. The van der Waals surface area contributed by atoms with Gasteiger partial charge < -0.3 is 14.2 Å². The summed E-state index contributed by atoms with van der Waals surface area (Å²) in [6.45, 7) is 12.8. The minimum Gasteiger partial charge on any atom is -0.509 e. The van der Waals surface area contributed by atoms with Crippen molar-refractivity contribution >= 4 is 27.5 Å². The molecule has 0 fully saturated rings. The average Bonchev–Trinajstić information content (AvgIpc) is 3.49. The Labute approximate surface area is 291 Å². The zero-order chi connectivity index (χ0) is 32.3. The van der Waals surface area contributed by atoms with Crippen LogP contribution in [-0.4, -0.2) is 28.4 Å². The maximum absolute atomic E-state index is 6.50. The summed E-state index contributed by atoms with van der Waals surface area (Å²) in [5, 5.41) is 7.29. The Balaban J connectivity index is 0.00000386. The molecule has 0 aliphatic carbocycles. The Morgan fingerprint density at radius 1 is 0.702 bits per heavy atom. The Kier molecular flexibility index (Phi) is 8.61. The van der Waals surface area contributed by atoms with Crippen molar-refractivity contribution in [2.75, 3.05) is 19.0 Å². The molecule has 7 aromatic rings. The smallest absolute Gasteiger partial charge is 0.0678 e. The number of hydrogen-bond donors (Lipinski definition) is 0. The normalized spacial score (nSPS) is 11.2. The number of rotatable bonds is 6. The molecule has 47 heavy (non-hydrogen) atoms. The fourth-order valence-corrected chi connectivity index (χ4v) is 6.66. The minimum absolute atomic E-state index is 0. The summed E-state index contributed by atoms with van der Waals surface area (Å²) in [4.78, 5) is 2.14. The van der Waals surface area contributed by atoms with Crippen molar-refractivity contribution in [3.05, 3.63) is 131 Å². The fraction of sp³-hybridized carbons (Fsp3) is 0.195. The summed E-state index contributed by atoms with van der Waals surface area (Å²) in [5.41, 5.74) is 14.2. The molecule has 240 valence electrons. The third-order valence-corrected chi connectivity index (χ3v) is 8.74. The van der Waals surface area contributed by atoms with E-state index in [-0.39, 0.29) is 20.4 Å². The number of benzene rings is 5. The maximum Gasteiger partial charge on any atom is 0.0678 e. The van der Waals surface area contributed by atoms with Gasteiger partial charge in [0.25, 0.3) is 0 Å². The maximum atomic E-state index is 6.50. The van der Waals surface area contributed by atoms with Crippen molar-refractivity contribution in [2.45, 2.75) is 41.5 Å². The standard InChI is InChI=1S/C41H37N4O.Pd/c1-25-12-11-13-31(18-25)44-38-15-10-9-14-36(38)37-17-16-34(24-39(37)44)46-35-20-26(2)19-33(23-35)45-30(6)41(29(5)42-45)40-27(3)21-32(43(7)8)22-28(40)4;/h9-12,14-22H,1-8H3;/q-3;. The van der Waals surface area contributed by atoms with Gasteiger partial charge in [-0.25, -0.2) is 0 Å². The Bertz CT molecular complexity index is 2270. The van der Waals surface area contributed by atoms with E-state index in [9.17, 15) is 0 Å². The summed E-state index contributed by atoms with van der Waals surface area (Å²) < 4.78 is 10.7. The van der Waals surface area contributed by atoms with Gasteiger partial charge >= 0.3 is 0 Å². The first-order valence-electron chi connectivity index (χ1n) is 15.6. The molecule has 0 spiro atoms. The largest absolute Gasteiger partial charge is 0.509 e. The molecule has 7 rings (SSSR count). The quantitative estimate of drug-likeness (QED) is 0.128. The number of para-hydroxylation sites is 1. The van der Waals surface area contributed by atoms with Crippen molar-refractivity contribution in [3.63, 3.8) is 0 Å². The van der Waals surface area contributed by atoms with Gasteiger partial charge in [-0.2, -0.15) is 40.5 Å². The molecular formula is C41H37N4OPd-3. The molecule has 0 saturated heterocycles. The molecule has 0 bridgehead atoms. The van der Waals surface area contributed by atoms with Crippen LogP contribution in [0.15, 0.2) is 78.9 Å². The van der Waals surface area contributed by atoms with Gasteiger partial charge in [0, 0.05) is 68.5 Å². The molecule has 0 N–H and O–H groups in total. The van der Waals surface area contributed by atoms with Crippen LogP contribution in [0.1, 0.15) is 33.6 Å². The number of aromatic nitrogens is 3. The summed E-state index contributed by atoms with van der Waals surface area (Å²) in [6, 6.07) is 37.8. The third-order valence-electron chi connectivity index (χ3n) is 8.74. The number of aryl methyl sites for hydroxylation is 5. The van der Waals surface area contributed by atoms with Gasteiger partial charge in [0.05, 0.1) is 5.69 Å². The first-order chi connectivity index (χ1) is 22.1. The van der Waals surface area contributed by atoms with Crippen molar-refractivity contribution in [3.8, 4) is 34.0 Å². The molecule has 0 radical (unpaired) electrons. The number of ether oxygens (including phenoxy) is 1. The Morgan fingerprint density at radius 3 is 2.15 bits per heavy atom. The molecule has 0 unspecified atom stereocenters. The molecule has 0 aliphatic heterocycles. The minimum atomic E-state index is 0. The van der Waals surface area contributed by atoms with Crippen LogP contribution < -0.4 is 9.64 Å². The number of nitrogens with zero attached hydrogens (tertiary/aromatic N) is 4. The first kappa shape index (κ1) is 32.3. The van der Waals surface area contributed by atoms with Gasteiger partial charge in [0.1, 0.15) is 0 Å². The Hall–Kier alpha value is -4.63. The molecule has 5 aromatic carbocycles. The molecule has 0 saturated carbocycles. The first-order valence-corrected chi connectivity index (χ1v) is 15.6. The molecule has 5 nitrogen and oxygen atoms in total. The van der Waals surface area contributed by atoms with E-state index in [2.05, 4.69) is 144 Å². The number of hydrogen-bond acceptors (Lipinski definition) is 3. The van der Waals surface area contributed by atoms with Gasteiger partial charge in [-0.1, -0.05) is 43.3 Å². The van der Waals surface area contributed by atoms with E-state index < -0.39 is 0 Å². The second-order valence-corrected chi connectivity index (χ2v) is 12.5. The topological polar surface area (TPSA) is 35.2 Å². The second kappa shape index (κ2) is 12.5. The van der Waals surface area contributed by atoms with Gasteiger partial charge in [-0.15, -0.1) is 41.8 Å². The second-order valence-electron chi connectivity index (χ2n) is 12.5. The predicted octanol–water partition coefficient (Wildman–Crippen LogP) is 9.74. The van der Waals surface area contributed by atoms with Gasteiger partial charge in [0.2, 0.25) is 0 Å². The van der Waals surface area contributed by atoms with Crippen molar-refractivity contribution in [2.24, 2.45) is 0 Å². The Morgan fingerprint density at radius 2 is 1.43 bits per heavy atom. The van der Waals surface area contributed by atoms with Crippen LogP contribution >= 0.6 is 0 Å². The van der Waals surface area contributed by atoms with E-state index in [1.165, 1.54) is 33.3 Å². The van der Waals surface area contributed by atoms with Gasteiger partial charge in [-0.05, 0) is 73.7 Å². The zero-order valence-corrected chi connectivity index (χ0v) is 29.6. The molecule has 0 aliphatic rings. The molecule has 2 heterocycles. The fourth-order valence-electron chi connectivity index (χ4n) is 6.66. The predicted molar refractivity (Wildman–Crippen MR) is 189 cm³/mol. The zero-order valence-electron chi connectivity index (χ0n) is 28.0. The van der Waals surface area contributed by atoms with Gasteiger partial charge in [0.15, 0.2) is 0 Å². The van der Waals surface area contributed by atoms with E-state index in [1.54, 1.807) is 0 Å². The molecule has 6 heteroatoms. The van der Waals surface area contributed by atoms with E-state index >= 15 is 0 Å². The third kappa shape index (κ3) is 5.78. The SMILES string of the molecule is Cc1cc(Oc2[c-]c3c(cc2)c2ccccc2n3-c2[c-]ccc(C)c2)[c-]c(-n2nc(C)c(-c3c(C)cc(N(C)C)cc3C)c2C)c1.[Pd]. The summed E-state index contributed by atoms with van der Waals surface area (Å²) in [6.07, 6.45) is 0. The molecule has 2 aromatic heterocycles. The number of anilines is 1. The van der Waals surface area contributed by atoms with Crippen LogP contribution in [0.2, 0.25) is 0 Å². The van der Waals surface area contributed by atoms with Crippen molar-refractivity contribution in [1.29, 1.82) is 0 Å². The summed E-state index contributed by atoms with van der Waals surface area (Å²) in [7, 11) is 4.15. The summed E-state index contributed by atoms with van der Waals surface area (Å²) in [5.74, 6) is 1.24. The summed E-state index contributed by atoms with van der Waals surface area (Å²) >= 11 is 0. The van der Waals surface area contributed by atoms with Crippen molar-refractivity contribution in [1.82, 2.24) is 14.3 Å². The van der Waals surface area contributed by atoms with Crippen molar-refractivity contribution < 1.29 is 25.2 Å². The van der Waals surface area contributed by atoms with Crippen LogP contribution in [0.4, 0.5) is 5.69 Å². The van der Waals surface area contributed by atoms with Crippen LogP contribution in [-0.2, 0) is 20.4 Å². The monoisotopic (exact) mass is 707 g/mol. The van der Waals surface area contributed by atoms with E-state index in [0.717, 1.165) is 50.3 Å². The van der Waals surface area contributed by atoms with Crippen LogP contribution in [0, 0.1) is 59.7 Å². The van der Waals surface area contributed by atoms with Crippen LogP contribution in [0.25, 0.3) is 44.3 Å². The van der Waals surface area contributed by atoms with Crippen LogP contribution in [0.5, 0.6) is 11.5 Å². The van der Waals surface area contributed by atoms with Gasteiger partial charge in [-0.3, -0.25) is 4.68 Å².